The van der Waals surface area contributed by atoms with E-state index in [-0.39, 0.29) is 0 Å². The molecule has 3 aromatic heterocycles. The van der Waals surface area contributed by atoms with E-state index in [1.807, 2.05) is 61.0 Å². The molecule has 0 atom stereocenters. The van der Waals surface area contributed by atoms with Crippen LogP contribution >= 0.6 is 0 Å². The third kappa shape index (κ3) is 2.32. The van der Waals surface area contributed by atoms with E-state index in [9.17, 15) is 0 Å². The summed E-state index contributed by atoms with van der Waals surface area (Å²) in [5.41, 5.74) is 5.32. The Morgan fingerprint density at radius 1 is 1.00 bits per heavy atom. The third-order valence-corrected chi connectivity index (χ3v) is 3.95. The number of pyridine rings is 1. The predicted octanol–water partition coefficient (Wildman–Crippen LogP) is 3.44. The van der Waals surface area contributed by atoms with E-state index in [0.29, 0.717) is 0 Å². The van der Waals surface area contributed by atoms with Crippen LogP contribution in [0.15, 0.2) is 42.5 Å². The molecule has 0 radical (unpaired) electrons. The Morgan fingerprint density at radius 3 is 2.50 bits per heavy atom. The molecule has 4 rings (SSSR count). The van der Waals surface area contributed by atoms with Crippen molar-refractivity contribution in [2.75, 3.05) is 7.11 Å². The lowest BCUT2D eigenvalue weighted by molar-refractivity contribution is 0.414. The maximum atomic E-state index is 5.21. The standard InChI is InChI=1S/C18H17N5O/c1-11-5-4-6-15(19-11)17-20-16-12(2)22-23(18(16)21-17)13-7-9-14(24-3)10-8-13/h4-10H,1-3H3,(H,20,21). The van der Waals surface area contributed by atoms with E-state index in [2.05, 4.69) is 15.1 Å². The van der Waals surface area contributed by atoms with Crippen molar-refractivity contribution in [3.05, 3.63) is 53.9 Å². The second kappa shape index (κ2) is 5.49. The molecule has 0 aliphatic rings. The highest BCUT2D eigenvalue weighted by Gasteiger charge is 2.15. The summed E-state index contributed by atoms with van der Waals surface area (Å²) in [6, 6.07) is 13.6. The van der Waals surface area contributed by atoms with E-state index < -0.39 is 0 Å². The van der Waals surface area contributed by atoms with Gasteiger partial charge in [-0.1, -0.05) is 6.07 Å². The minimum atomic E-state index is 0.747. The molecule has 0 bridgehead atoms. The molecular weight excluding hydrogens is 302 g/mol. The first-order chi connectivity index (χ1) is 11.7. The SMILES string of the molecule is COc1ccc(-n2nc(C)c3[nH]c(-c4cccc(C)n4)nc32)cc1. The van der Waals surface area contributed by atoms with Gasteiger partial charge >= 0.3 is 0 Å². The molecule has 0 amide bonds. The molecule has 0 spiro atoms. The molecule has 1 aromatic carbocycles. The number of H-pyrrole nitrogens is 1. The molecule has 24 heavy (non-hydrogen) atoms. The van der Waals surface area contributed by atoms with Crippen LogP contribution in [0, 0.1) is 13.8 Å². The Hall–Kier alpha value is -3.15. The number of hydrogen-bond donors (Lipinski definition) is 1. The summed E-state index contributed by atoms with van der Waals surface area (Å²) in [5.74, 6) is 1.56. The van der Waals surface area contributed by atoms with Crippen LogP contribution < -0.4 is 4.74 Å². The van der Waals surface area contributed by atoms with Crippen molar-refractivity contribution >= 4 is 11.2 Å². The Kier molecular flexibility index (Phi) is 3.30. The lowest BCUT2D eigenvalue weighted by Gasteiger charge is -2.03. The van der Waals surface area contributed by atoms with Crippen molar-refractivity contribution in [2.45, 2.75) is 13.8 Å². The van der Waals surface area contributed by atoms with Gasteiger partial charge in [0.2, 0.25) is 0 Å². The fourth-order valence-corrected chi connectivity index (χ4v) is 2.72. The molecule has 6 heteroatoms. The number of ether oxygens (including phenoxy) is 1. The molecule has 0 aliphatic heterocycles. The van der Waals surface area contributed by atoms with Crippen molar-refractivity contribution < 1.29 is 4.74 Å². The number of nitrogens with zero attached hydrogens (tertiary/aromatic N) is 4. The monoisotopic (exact) mass is 319 g/mol. The second-order valence-corrected chi connectivity index (χ2v) is 5.64. The highest BCUT2D eigenvalue weighted by Crippen LogP contribution is 2.24. The molecule has 3 heterocycles. The zero-order chi connectivity index (χ0) is 16.7. The number of fused-ring (bicyclic) bond motifs is 1. The van der Waals surface area contributed by atoms with Crippen molar-refractivity contribution in [2.24, 2.45) is 0 Å². The van der Waals surface area contributed by atoms with Gasteiger partial charge in [-0.25, -0.2) is 14.6 Å². The van der Waals surface area contributed by atoms with Crippen LogP contribution in [-0.4, -0.2) is 31.8 Å². The summed E-state index contributed by atoms with van der Waals surface area (Å²) in [7, 11) is 1.65. The summed E-state index contributed by atoms with van der Waals surface area (Å²) in [6.07, 6.45) is 0. The number of aromatic amines is 1. The Labute approximate surface area is 139 Å². The van der Waals surface area contributed by atoms with Gasteiger partial charge in [-0.05, 0) is 50.2 Å². The fraction of sp³-hybridized carbons (Fsp3) is 0.167. The summed E-state index contributed by atoms with van der Waals surface area (Å²) >= 11 is 0. The first-order valence-corrected chi connectivity index (χ1v) is 7.69. The average Bonchev–Trinajstić information content (AvgIpc) is 3.16. The average molecular weight is 319 g/mol. The molecule has 4 aromatic rings. The Morgan fingerprint density at radius 2 is 1.79 bits per heavy atom. The molecule has 0 saturated heterocycles. The smallest absolute Gasteiger partial charge is 0.181 e. The van der Waals surface area contributed by atoms with Gasteiger partial charge in [0, 0.05) is 5.69 Å². The van der Waals surface area contributed by atoms with Gasteiger partial charge in [0.15, 0.2) is 11.5 Å². The van der Waals surface area contributed by atoms with Crippen LogP contribution in [0.3, 0.4) is 0 Å². The predicted molar refractivity (Wildman–Crippen MR) is 92.5 cm³/mol. The number of methoxy groups -OCH3 is 1. The van der Waals surface area contributed by atoms with Crippen molar-refractivity contribution in [3.8, 4) is 23.0 Å². The third-order valence-electron chi connectivity index (χ3n) is 3.95. The number of benzene rings is 1. The van der Waals surface area contributed by atoms with Gasteiger partial charge in [-0.2, -0.15) is 5.10 Å². The summed E-state index contributed by atoms with van der Waals surface area (Å²) in [4.78, 5) is 12.6. The molecule has 0 aliphatic carbocycles. The number of nitrogens with one attached hydrogen (secondary N) is 1. The van der Waals surface area contributed by atoms with Gasteiger partial charge in [-0.3, -0.25) is 0 Å². The number of aryl methyl sites for hydroxylation is 2. The van der Waals surface area contributed by atoms with Gasteiger partial charge in [0.1, 0.15) is 17.0 Å². The lowest BCUT2D eigenvalue weighted by Crippen LogP contribution is -1.98. The van der Waals surface area contributed by atoms with Crippen LogP contribution in [-0.2, 0) is 0 Å². The maximum Gasteiger partial charge on any atom is 0.181 e. The van der Waals surface area contributed by atoms with Crippen molar-refractivity contribution in [1.82, 2.24) is 24.7 Å². The number of hydrogen-bond acceptors (Lipinski definition) is 4. The first kappa shape index (κ1) is 14.4. The summed E-state index contributed by atoms with van der Waals surface area (Å²) in [6.45, 7) is 3.94. The lowest BCUT2D eigenvalue weighted by atomic mass is 10.3. The van der Waals surface area contributed by atoms with E-state index in [0.717, 1.165) is 45.5 Å². The van der Waals surface area contributed by atoms with E-state index in [1.54, 1.807) is 7.11 Å². The number of aromatic nitrogens is 5. The van der Waals surface area contributed by atoms with Crippen LogP contribution in [0.4, 0.5) is 0 Å². The second-order valence-electron chi connectivity index (χ2n) is 5.64. The van der Waals surface area contributed by atoms with Crippen molar-refractivity contribution in [3.63, 3.8) is 0 Å². The zero-order valence-corrected chi connectivity index (χ0v) is 13.7. The molecular formula is C18H17N5O. The van der Waals surface area contributed by atoms with Gasteiger partial charge in [0.05, 0.1) is 18.5 Å². The van der Waals surface area contributed by atoms with Gasteiger partial charge in [0.25, 0.3) is 0 Å². The van der Waals surface area contributed by atoms with Crippen molar-refractivity contribution in [1.29, 1.82) is 0 Å². The maximum absolute atomic E-state index is 5.21. The Bertz CT molecular complexity index is 1010. The van der Waals surface area contributed by atoms with Gasteiger partial charge < -0.3 is 9.72 Å². The molecule has 6 nitrogen and oxygen atoms in total. The Balaban J connectivity index is 1.85. The molecule has 120 valence electrons. The number of rotatable bonds is 3. The molecule has 0 saturated carbocycles. The van der Waals surface area contributed by atoms with Gasteiger partial charge in [-0.15, -0.1) is 0 Å². The quantitative estimate of drug-likeness (QED) is 0.628. The highest BCUT2D eigenvalue weighted by molar-refractivity contribution is 5.79. The van der Waals surface area contributed by atoms with Crippen LogP contribution in [0.5, 0.6) is 5.75 Å². The topological polar surface area (TPSA) is 68.6 Å². The fourth-order valence-electron chi connectivity index (χ4n) is 2.72. The first-order valence-electron chi connectivity index (χ1n) is 7.69. The van der Waals surface area contributed by atoms with E-state index in [4.69, 9.17) is 9.72 Å². The minimum absolute atomic E-state index is 0.747. The summed E-state index contributed by atoms with van der Waals surface area (Å²) in [5, 5.41) is 4.59. The van der Waals surface area contributed by atoms with E-state index in [1.165, 1.54) is 0 Å². The summed E-state index contributed by atoms with van der Waals surface area (Å²) < 4.78 is 7.04. The normalized spacial score (nSPS) is 11.1. The van der Waals surface area contributed by atoms with Crippen LogP contribution in [0.25, 0.3) is 28.4 Å². The molecule has 1 N–H and O–H groups in total. The number of imidazole rings is 1. The van der Waals surface area contributed by atoms with Crippen LogP contribution in [0.2, 0.25) is 0 Å². The highest BCUT2D eigenvalue weighted by atomic mass is 16.5. The largest absolute Gasteiger partial charge is 0.497 e. The zero-order valence-electron chi connectivity index (χ0n) is 13.7. The molecule has 0 fully saturated rings. The van der Waals surface area contributed by atoms with Crippen LogP contribution in [0.1, 0.15) is 11.4 Å². The minimum Gasteiger partial charge on any atom is -0.497 e. The molecule has 0 unspecified atom stereocenters. The van der Waals surface area contributed by atoms with E-state index >= 15 is 0 Å².